The number of halogens is 2. The summed E-state index contributed by atoms with van der Waals surface area (Å²) in [7, 11) is 0. The van der Waals surface area contributed by atoms with E-state index in [4.69, 9.17) is 11.6 Å². The molecule has 0 fully saturated rings. The number of hydrogen-bond donors (Lipinski definition) is 0. The molecule has 0 amide bonds. The van der Waals surface area contributed by atoms with Gasteiger partial charge in [-0.25, -0.2) is 4.39 Å². The summed E-state index contributed by atoms with van der Waals surface area (Å²) in [4.78, 5) is 3.84. The van der Waals surface area contributed by atoms with E-state index >= 15 is 0 Å². The highest BCUT2D eigenvalue weighted by Gasteiger charge is 2.09. The molecule has 1 nitrogen and oxygen atoms in total. The van der Waals surface area contributed by atoms with Gasteiger partial charge < -0.3 is 0 Å². The maximum absolute atomic E-state index is 13.4. The summed E-state index contributed by atoms with van der Waals surface area (Å²) in [6.07, 6.45) is 2.82. The van der Waals surface area contributed by atoms with Crippen LogP contribution in [-0.2, 0) is 5.88 Å². The van der Waals surface area contributed by atoms with Crippen molar-refractivity contribution in [2.24, 2.45) is 0 Å². The lowest BCUT2D eigenvalue weighted by Gasteiger charge is -2.07. The second-order valence-corrected chi connectivity index (χ2v) is 3.41. The van der Waals surface area contributed by atoms with Crippen molar-refractivity contribution >= 4 is 11.6 Å². The third kappa shape index (κ3) is 2.00. The van der Waals surface area contributed by atoms with Crippen molar-refractivity contribution in [2.75, 3.05) is 0 Å². The molecule has 2 rings (SSSR count). The number of pyridine rings is 1. The minimum atomic E-state index is -0.355. The minimum Gasteiger partial charge on any atom is -0.261 e. The number of aromatic nitrogens is 1. The Morgan fingerprint density at radius 2 is 1.87 bits per heavy atom. The lowest BCUT2D eigenvalue weighted by Crippen LogP contribution is -1.93. The molecule has 15 heavy (non-hydrogen) atoms. The minimum absolute atomic E-state index is 0.151. The fraction of sp³-hybridized carbons (Fsp3) is 0.0833. The molecule has 0 saturated heterocycles. The van der Waals surface area contributed by atoms with E-state index in [1.807, 2.05) is 30.3 Å². The number of alkyl halides is 1. The van der Waals surface area contributed by atoms with Gasteiger partial charge >= 0.3 is 0 Å². The Balaban J connectivity index is 2.58. The first kappa shape index (κ1) is 10.1. The fourth-order valence-electron chi connectivity index (χ4n) is 1.46. The van der Waals surface area contributed by atoms with E-state index in [0.717, 1.165) is 11.1 Å². The molecule has 0 saturated carbocycles. The van der Waals surface area contributed by atoms with Crippen LogP contribution >= 0.6 is 11.6 Å². The topological polar surface area (TPSA) is 12.9 Å². The Labute approximate surface area is 92.5 Å². The molecule has 3 heteroatoms. The molecule has 2 aromatic rings. The summed E-state index contributed by atoms with van der Waals surface area (Å²) in [5.74, 6) is -0.204. The average molecular weight is 222 g/mol. The van der Waals surface area contributed by atoms with E-state index in [-0.39, 0.29) is 11.7 Å². The molecule has 0 unspecified atom stereocenters. The highest BCUT2D eigenvalue weighted by atomic mass is 35.5. The van der Waals surface area contributed by atoms with Gasteiger partial charge in [-0.3, -0.25) is 4.98 Å². The lowest BCUT2D eigenvalue weighted by molar-refractivity contribution is 0.611. The lowest BCUT2D eigenvalue weighted by atomic mass is 10.0. The summed E-state index contributed by atoms with van der Waals surface area (Å²) in [5, 5.41) is 0. The highest BCUT2D eigenvalue weighted by molar-refractivity contribution is 6.17. The first-order chi connectivity index (χ1) is 7.33. The van der Waals surface area contributed by atoms with Crippen LogP contribution in [0.5, 0.6) is 0 Å². The van der Waals surface area contributed by atoms with E-state index < -0.39 is 0 Å². The van der Waals surface area contributed by atoms with Gasteiger partial charge in [-0.2, -0.15) is 0 Å². The average Bonchev–Trinajstić information content (AvgIpc) is 2.30. The van der Waals surface area contributed by atoms with Crippen LogP contribution in [0.3, 0.4) is 0 Å². The van der Waals surface area contributed by atoms with E-state index in [9.17, 15) is 4.39 Å². The Hall–Kier alpha value is -1.41. The fourth-order valence-corrected chi connectivity index (χ4v) is 1.74. The molecule has 76 valence electrons. The van der Waals surface area contributed by atoms with Crippen molar-refractivity contribution in [3.63, 3.8) is 0 Å². The SMILES string of the molecule is Fc1cncc(-c2ccccc2)c1CCl. The third-order valence-corrected chi connectivity index (χ3v) is 2.49. The third-order valence-electron chi connectivity index (χ3n) is 2.22. The Bertz CT molecular complexity index is 456. The Kier molecular flexibility index (Phi) is 2.97. The van der Waals surface area contributed by atoms with Crippen LogP contribution in [0.1, 0.15) is 5.56 Å². The van der Waals surface area contributed by atoms with Gasteiger partial charge in [0.2, 0.25) is 0 Å². The summed E-state index contributed by atoms with van der Waals surface area (Å²) in [5.41, 5.74) is 2.18. The Morgan fingerprint density at radius 3 is 2.53 bits per heavy atom. The van der Waals surface area contributed by atoms with Crippen LogP contribution < -0.4 is 0 Å². The van der Waals surface area contributed by atoms with Crippen molar-refractivity contribution in [3.8, 4) is 11.1 Å². The van der Waals surface area contributed by atoms with Crippen molar-refractivity contribution in [2.45, 2.75) is 5.88 Å². The maximum atomic E-state index is 13.4. The molecule has 0 bridgehead atoms. The smallest absolute Gasteiger partial charge is 0.146 e. The first-order valence-electron chi connectivity index (χ1n) is 4.56. The second kappa shape index (κ2) is 4.41. The molecule has 0 atom stereocenters. The largest absolute Gasteiger partial charge is 0.261 e. The molecular weight excluding hydrogens is 213 g/mol. The molecule has 0 radical (unpaired) electrons. The number of hydrogen-bond acceptors (Lipinski definition) is 1. The van der Waals surface area contributed by atoms with Crippen LogP contribution in [-0.4, -0.2) is 4.98 Å². The zero-order chi connectivity index (χ0) is 10.7. The number of nitrogens with zero attached hydrogens (tertiary/aromatic N) is 1. The summed E-state index contributed by atoms with van der Waals surface area (Å²) in [6, 6.07) is 9.53. The van der Waals surface area contributed by atoms with E-state index in [1.165, 1.54) is 6.20 Å². The molecule has 0 N–H and O–H groups in total. The Morgan fingerprint density at radius 1 is 1.13 bits per heavy atom. The van der Waals surface area contributed by atoms with Gasteiger partial charge in [0, 0.05) is 17.3 Å². The summed E-state index contributed by atoms with van der Waals surface area (Å²) >= 11 is 5.72. The summed E-state index contributed by atoms with van der Waals surface area (Å²) in [6.45, 7) is 0. The molecule has 0 spiro atoms. The van der Waals surface area contributed by atoms with Gasteiger partial charge in [0.25, 0.3) is 0 Å². The number of benzene rings is 1. The van der Waals surface area contributed by atoms with Gasteiger partial charge in [0.15, 0.2) is 0 Å². The van der Waals surface area contributed by atoms with Gasteiger partial charge in [-0.15, -0.1) is 11.6 Å². The molecule has 0 aliphatic carbocycles. The van der Waals surface area contributed by atoms with E-state index in [0.29, 0.717) is 5.56 Å². The van der Waals surface area contributed by atoms with Crippen LogP contribution in [0.15, 0.2) is 42.7 Å². The quantitative estimate of drug-likeness (QED) is 0.706. The first-order valence-corrected chi connectivity index (χ1v) is 5.10. The van der Waals surface area contributed by atoms with Crippen molar-refractivity contribution in [1.29, 1.82) is 0 Å². The van der Waals surface area contributed by atoms with Gasteiger partial charge in [-0.05, 0) is 5.56 Å². The van der Waals surface area contributed by atoms with Gasteiger partial charge in [0.1, 0.15) is 5.82 Å². The zero-order valence-corrected chi connectivity index (χ0v) is 8.71. The zero-order valence-electron chi connectivity index (χ0n) is 7.95. The second-order valence-electron chi connectivity index (χ2n) is 3.15. The van der Waals surface area contributed by atoms with Crippen molar-refractivity contribution < 1.29 is 4.39 Å². The predicted octanol–water partition coefficient (Wildman–Crippen LogP) is 3.63. The predicted molar refractivity (Wildman–Crippen MR) is 59.2 cm³/mol. The molecule has 1 aromatic carbocycles. The monoisotopic (exact) mass is 221 g/mol. The molecular formula is C12H9ClFN. The molecule has 0 aliphatic rings. The van der Waals surface area contributed by atoms with Crippen LogP contribution in [0.4, 0.5) is 4.39 Å². The van der Waals surface area contributed by atoms with Crippen molar-refractivity contribution in [1.82, 2.24) is 4.98 Å². The standard InChI is InChI=1S/C12H9ClFN/c13-6-10-11(7-15-8-12(10)14)9-4-2-1-3-5-9/h1-5,7-8H,6H2. The van der Waals surface area contributed by atoms with Gasteiger partial charge in [0.05, 0.1) is 12.1 Å². The summed E-state index contributed by atoms with van der Waals surface area (Å²) < 4.78 is 13.4. The number of rotatable bonds is 2. The maximum Gasteiger partial charge on any atom is 0.146 e. The van der Waals surface area contributed by atoms with Crippen LogP contribution in [0.25, 0.3) is 11.1 Å². The van der Waals surface area contributed by atoms with Crippen molar-refractivity contribution in [3.05, 3.63) is 54.1 Å². The molecule has 1 heterocycles. The molecule has 1 aromatic heterocycles. The van der Waals surface area contributed by atoms with Crippen LogP contribution in [0.2, 0.25) is 0 Å². The van der Waals surface area contributed by atoms with Crippen LogP contribution in [0, 0.1) is 5.82 Å². The highest BCUT2D eigenvalue weighted by Crippen LogP contribution is 2.25. The van der Waals surface area contributed by atoms with E-state index in [2.05, 4.69) is 4.98 Å². The molecule has 0 aliphatic heterocycles. The van der Waals surface area contributed by atoms with Gasteiger partial charge in [-0.1, -0.05) is 30.3 Å². The normalized spacial score (nSPS) is 10.3. The van der Waals surface area contributed by atoms with E-state index in [1.54, 1.807) is 6.20 Å².